The first-order valence-electron chi connectivity index (χ1n) is 3.50. The van der Waals surface area contributed by atoms with Gasteiger partial charge in [-0.05, 0) is 6.92 Å². The molecule has 0 radical (unpaired) electrons. The molecule has 1 aromatic rings. The van der Waals surface area contributed by atoms with E-state index in [4.69, 9.17) is 11.6 Å². The van der Waals surface area contributed by atoms with Crippen molar-refractivity contribution in [1.82, 2.24) is 10.3 Å². The first-order valence-corrected chi connectivity index (χ1v) is 4.91. The summed E-state index contributed by atoms with van der Waals surface area (Å²) >= 11 is 6.76. The molecular formula is C7H9ClN2OS. The molecule has 0 aliphatic rings. The fourth-order valence-corrected chi connectivity index (χ4v) is 1.57. The predicted molar refractivity (Wildman–Crippen MR) is 49.9 cm³/mol. The molecule has 0 fully saturated rings. The van der Waals surface area contributed by atoms with Crippen LogP contribution >= 0.6 is 22.9 Å². The molecule has 0 bridgehead atoms. The standard InChI is InChI=1S/C7H9ClN2OS/c1-5-6(12-4-10-5)7(11)9-3-2-8/h4H,2-3H2,1H3,(H,9,11). The Hall–Kier alpha value is -0.610. The molecule has 3 nitrogen and oxygen atoms in total. The minimum absolute atomic E-state index is 0.0874. The van der Waals surface area contributed by atoms with Gasteiger partial charge in [-0.3, -0.25) is 4.79 Å². The van der Waals surface area contributed by atoms with E-state index in [0.29, 0.717) is 17.3 Å². The van der Waals surface area contributed by atoms with Gasteiger partial charge in [-0.25, -0.2) is 4.98 Å². The summed E-state index contributed by atoms with van der Waals surface area (Å²) in [6.45, 7) is 2.31. The summed E-state index contributed by atoms with van der Waals surface area (Å²) < 4.78 is 0. The Balaban J connectivity index is 2.59. The summed E-state index contributed by atoms with van der Waals surface area (Å²) in [6, 6.07) is 0. The van der Waals surface area contributed by atoms with Gasteiger partial charge < -0.3 is 5.32 Å². The van der Waals surface area contributed by atoms with E-state index < -0.39 is 0 Å². The normalized spacial score (nSPS) is 9.83. The summed E-state index contributed by atoms with van der Waals surface area (Å²) in [7, 11) is 0. The second-order valence-corrected chi connectivity index (χ2v) is 3.44. The second kappa shape index (κ2) is 4.42. The van der Waals surface area contributed by atoms with Crippen LogP contribution in [-0.4, -0.2) is 23.3 Å². The zero-order valence-electron chi connectivity index (χ0n) is 6.63. The van der Waals surface area contributed by atoms with Gasteiger partial charge in [-0.15, -0.1) is 22.9 Å². The number of hydrogen-bond acceptors (Lipinski definition) is 3. The average molecular weight is 205 g/mol. The molecule has 0 spiro atoms. The van der Waals surface area contributed by atoms with Crippen molar-refractivity contribution < 1.29 is 4.79 Å². The van der Waals surface area contributed by atoms with E-state index >= 15 is 0 Å². The maximum absolute atomic E-state index is 11.3. The van der Waals surface area contributed by atoms with Gasteiger partial charge in [-0.2, -0.15) is 0 Å². The second-order valence-electron chi connectivity index (χ2n) is 2.21. The molecule has 1 N–H and O–H groups in total. The molecule has 0 unspecified atom stereocenters. The number of alkyl halides is 1. The Morgan fingerprint density at radius 2 is 2.58 bits per heavy atom. The molecule has 0 saturated carbocycles. The predicted octanol–water partition coefficient (Wildman–Crippen LogP) is 1.42. The highest BCUT2D eigenvalue weighted by Crippen LogP contribution is 2.10. The van der Waals surface area contributed by atoms with Crippen molar-refractivity contribution in [2.24, 2.45) is 0 Å². The first kappa shape index (κ1) is 9.48. The lowest BCUT2D eigenvalue weighted by molar-refractivity contribution is 0.0959. The molecule has 0 aromatic carbocycles. The summed E-state index contributed by atoms with van der Waals surface area (Å²) in [5.74, 6) is 0.347. The number of hydrogen-bond donors (Lipinski definition) is 1. The van der Waals surface area contributed by atoms with E-state index in [1.165, 1.54) is 11.3 Å². The van der Waals surface area contributed by atoms with Crippen LogP contribution in [0.15, 0.2) is 5.51 Å². The van der Waals surface area contributed by atoms with Gasteiger partial charge in [0.15, 0.2) is 0 Å². The zero-order valence-corrected chi connectivity index (χ0v) is 8.21. The van der Waals surface area contributed by atoms with Crippen LogP contribution in [0.4, 0.5) is 0 Å². The summed E-state index contributed by atoms with van der Waals surface area (Å²) in [4.78, 5) is 15.9. The van der Waals surface area contributed by atoms with Crippen LogP contribution in [0.3, 0.4) is 0 Å². The van der Waals surface area contributed by atoms with Gasteiger partial charge in [0.25, 0.3) is 5.91 Å². The molecule has 0 aliphatic heterocycles. The van der Waals surface area contributed by atoms with Crippen molar-refractivity contribution in [3.8, 4) is 0 Å². The fraction of sp³-hybridized carbons (Fsp3) is 0.429. The van der Waals surface area contributed by atoms with E-state index in [1.807, 2.05) is 6.92 Å². The van der Waals surface area contributed by atoms with E-state index in [2.05, 4.69) is 10.3 Å². The number of thiazole rings is 1. The monoisotopic (exact) mass is 204 g/mol. The van der Waals surface area contributed by atoms with Crippen LogP contribution in [0.25, 0.3) is 0 Å². The number of nitrogens with zero attached hydrogens (tertiary/aromatic N) is 1. The lowest BCUT2D eigenvalue weighted by Crippen LogP contribution is -2.24. The minimum atomic E-state index is -0.0874. The lowest BCUT2D eigenvalue weighted by atomic mass is 10.4. The number of carbonyl (C=O) groups excluding carboxylic acids is 1. The number of rotatable bonds is 3. The SMILES string of the molecule is Cc1ncsc1C(=O)NCCCl. The highest BCUT2D eigenvalue weighted by Gasteiger charge is 2.09. The number of carbonyl (C=O) groups is 1. The summed E-state index contributed by atoms with van der Waals surface area (Å²) in [5, 5.41) is 2.68. The van der Waals surface area contributed by atoms with Gasteiger partial charge >= 0.3 is 0 Å². The van der Waals surface area contributed by atoms with Crippen molar-refractivity contribution in [3.63, 3.8) is 0 Å². The molecular weight excluding hydrogens is 196 g/mol. The third-order valence-corrected chi connectivity index (χ3v) is 2.45. The number of aromatic nitrogens is 1. The Labute approximate surface area is 79.8 Å². The van der Waals surface area contributed by atoms with Crippen LogP contribution in [0, 0.1) is 6.92 Å². The molecule has 12 heavy (non-hydrogen) atoms. The topological polar surface area (TPSA) is 42.0 Å². The molecule has 1 aromatic heterocycles. The third-order valence-electron chi connectivity index (χ3n) is 1.33. The van der Waals surface area contributed by atoms with E-state index in [1.54, 1.807) is 5.51 Å². The van der Waals surface area contributed by atoms with Crippen LogP contribution in [0.1, 0.15) is 15.4 Å². The Morgan fingerprint density at radius 3 is 3.08 bits per heavy atom. The lowest BCUT2D eigenvalue weighted by Gasteiger charge is -1.99. The van der Waals surface area contributed by atoms with E-state index in [0.717, 1.165) is 5.69 Å². The van der Waals surface area contributed by atoms with Crippen molar-refractivity contribution in [2.75, 3.05) is 12.4 Å². The van der Waals surface area contributed by atoms with Gasteiger partial charge in [0, 0.05) is 12.4 Å². The smallest absolute Gasteiger partial charge is 0.263 e. The molecule has 0 saturated heterocycles. The number of nitrogens with one attached hydrogen (secondary N) is 1. The number of aryl methyl sites for hydroxylation is 1. The molecule has 0 aliphatic carbocycles. The number of halogens is 1. The van der Waals surface area contributed by atoms with E-state index in [-0.39, 0.29) is 5.91 Å². The van der Waals surface area contributed by atoms with Gasteiger partial charge in [0.05, 0.1) is 11.2 Å². The highest BCUT2D eigenvalue weighted by atomic mass is 35.5. The molecule has 0 atom stereocenters. The highest BCUT2D eigenvalue weighted by molar-refractivity contribution is 7.11. The van der Waals surface area contributed by atoms with Crippen LogP contribution in [-0.2, 0) is 0 Å². The van der Waals surface area contributed by atoms with Crippen LogP contribution in [0.2, 0.25) is 0 Å². The number of amides is 1. The molecule has 66 valence electrons. The van der Waals surface area contributed by atoms with Gasteiger partial charge in [0.1, 0.15) is 4.88 Å². The summed E-state index contributed by atoms with van der Waals surface area (Å²) in [6.07, 6.45) is 0. The Kier molecular flexibility index (Phi) is 3.49. The van der Waals surface area contributed by atoms with Crippen molar-refractivity contribution in [1.29, 1.82) is 0 Å². The van der Waals surface area contributed by atoms with Gasteiger partial charge in [-0.1, -0.05) is 0 Å². The minimum Gasteiger partial charge on any atom is -0.350 e. The molecule has 5 heteroatoms. The van der Waals surface area contributed by atoms with Crippen LogP contribution < -0.4 is 5.32 Å². The quantitative estimate of drug-likeness (QED) is 0.757. The molecule has 1 rings (SSSR count). The molecule has 1 amide bonds. The first-order chi connectivity index (χ1) is 5.75. The van der Waals surface area contributed by atoms with Gasteiger partial charge in [0.2, 0.25) is 0 Å². The molecule has 1 heterocycles. The maximum Gasteiger partial charge on any atom is 0.263 e. The van der Waals surface area contributed by atoms with Crippen molar-refractivity contribution in [3.05, 3.63) is 16.1 Å². The zero-order chi connectivity index (χ0) is 8.97. The fourth-order valence-electron chi connectivity index (χ4n) is 0.761. The Morgan fingerprint density at radius 1 is 1.83 bits per heavy atom. The van der Waals surface area contributed by atoms with E-state index in [9.17, 15) is 4.79 Å². The average Bonchev–Trinajstić information content (AvgIpc) is 2.47. The largest absolute Gasteiger partial charge is 0.350 e. The van der Waals surface area contributed by atoms with Crippen molar-refractivity contribution >= 4 is 28.8 Å². The Bertz CT molecular complexity index is 274. The maximum atomic E-state index is 11.3. The van der Waals surface area contributed by atoms with Crippen molar-refractivity contribution in [2.45, 2.75) is 6.92 Å². The van der Waals surface area contributed by atoms with Crippen LogP contribution in [0.5, 0.6) is 0 Å². The third kappa shape index (κ3) is 2.19. The summed E-state index contributed by atoms with van der Waals surface area (Å²) in [5.41, 5.74) is 2.43.